The summed E-state index contributed by atoms with van der Waals surface area (Å²) in [5, 5.41) is 27.6. The number of anilines is 1. The SMILES string of the molecule is CCOCC(C)(OC[C@H]1O[C@@H](n2ncc3c(NC4CCCC4)nc(Cl)nc32)[C@H](O)[C@@H]1O)P(=O)(O)O. The first-order valence-electron chi connectivity index (χ1n) is 11.5. The summed E-state index contributed by atoms with van der Waals surface area (Å²) < 4.78 is 29.8. The summed E-state index contributed by atoms with van der Waals surface area (Å²) in [6.07, 6.45) is 0.758. The molecule has 1 aliphatic carbocycles. The molecular formula is C20H31ClN5O8P. The van der Waals surface area contributed by atoms with E-state index in [9.17, 15) is 24.6 Å². The van der Waals surface area contributed by atoms with Crippen LogP contribution in [0.2, 0.25) is 5.28 Å². The molecule has 4 rings (SSSR count). The van der Waals surface area contributed by atoms with Gasteiger partial charge in [-0.15, -0.1) is 0 Å². The molecule has 196 valence electrons. The van der Waals surface area contributed by atoms with Crippen LogP contribution in [0.5, 0.6) is 0 Å². The highest BCUT2D eigenvalue weighted by atomic mass is 35.5. The van der Waals surface area contributed by atoms with Crippen molar-refractivity contribution in [3.63, 3.8) is 0 Å². The number of aliphatic hydroxyl groups is 2. The van der Waals surface area contributed by atoms with E-state index in [2.05, 4.69) is 20.4 Å². The minimum atomic E-state index is -4.73. The first kappa shape index (κ1) is 26.6. The number of hydrogen-bond donors (Lipinski definition) is 5. The van der Waals surface area contributed by atoms with E-state index in [0.717, 1.165) is 25.7 Å². The standard InChI is InChI=1S/C20H31ClN5O8P/c1-3-32-10-20(2,35(29,30)31)33-9-13-14(27)15(28)18(34-13)26-17-12(8-22-26)16(24-19(21)25-17)23-11-6-4-5-7-11/h8,11,13-15,18,27-28H,3-7,9-10H2,1-2H3,(H,23,24,25)(H2,29,30,31)/t13-,14-,15-,18-,20?/m1/s1. The fourth-order valence-electron chi connectivity index (χ4n) is 4.29. The molecule has 5 N–H and O–H groups in total. The Morgan fingerprint density at radius 2 is 2.00 bits per heavy atom. The molecule has 2 aliphatic rings. The maximum atomic E-state index is 12.0. The third-order valence-corrected chi connectivity index (χ3v) is 8.11. The number of ether oxygens (including phenoxy) is 3. The fourth-order valence-corrected chi connectivity index (χ4v) is 4.96. The molecule has 0 aromatic carbocycles. The van der Waals surface area contributed by atoms with Gasteiger partial charge < -0.3 is 39.5 Å². The van der Waals surface area contributed by atoms with E-state index in [4.69, 9.17) is 25.8 Å². The Balaban J connectivity index is 1.53. The van der Waals surface area contributed by atoms with Gasteiger partial charge in [0.2, 0.25) is 5.28 Å². The van der Waals surface area contributed by atoms with Gasteiger partial charge in [0, 0.05) is 12.6 Å². The molecule has 1 saturated carbocycles. The summed E-state index contributed by atoms with van der Waals surface area (Å²) in [6, 6.07) is 0.268. The maximum absolute atomic E-state index is 12.0. The average Bonchev–Trinajstić information content (AvgIpc) is 3.51. The van der Waals surface area contributed by atoms with Crippen LogP contribution < -0.4 is 5.32 Å². The Labute approximate surface area is 206 Å². The van der Waals surface area contributed by atoms with Crippen molar-refractivity contribution in [1.29, 1.82) is 0 Å². The summed E-state index contributed by atoms with van der Waals surface area (Å²) in [7, 11) is -4.73. The van der Waals surface area contributed by atoms with Gasteiger partial charge in [0.15, 0.2) is 17.2 Å². The smallest absolute Gasteiger partial charge is 0.359 e. The number of rotatable bonds is 10. The normalized spacial score (nSPS) is 27.5. The third-order valence-electron chi connectivity index (χ3n) is 6.45. The molecule has 3 heterocycles. The molecule has 0 spiro atoms. The number of nitrogens with zero attached hydrogens (tertiary/aromatic N) is 4. The van der Waals surface area contributed by atoms with Crippen LogP contribution in [-0.4, -0.2) is 89.3 Å². The second-order valence-electron chi connectivity index (χ2n) is 9.01. The number of nitrogens with one attached hydrogen (secondary N) is 1. The lowest BCUT2D eigenvalue weighted by atomic mass is 10.1. The van der Waals surface area contributed by atoms with Gasteiger partial charge in [0.05, 0.1) is 24.8 Å². The number of halogens is 1. The molecule has 1 unspecified atom stereocenters. The second-order valence-corrected chi connectivity index (χ2v) is 11.4. The van der Waals surface area contributed by atoms with Crippen molar-refractivity contribution in [2.24, 2.45) is 0 Å². The average molecular weight is 536 g/mol. The van der Waals surface area contributed by atoms with Crippen LogP contribution in [0.4, 0.5) is 5.82 Å². The third kappa shape index (κ3) is 5.48. The van der Waals surface area contributed by atoms with Crippen molar-refractivity contribution in [3.05, 3.63) is 11.5 Å². The van der Waals surface area contributed by atoms with Gasteiger partial charge in [0.25, 0.3) is 0 Å². The number of fused-ring (bicyclic) bond motifs is 1. The van der Waals surface area contributed by atoms with Crippen LogP contribution in [0.1, 0.15) is 45.8 Å². The maximum Gasteiger partial charge on any atom is 0.359 e. The topological polar surface area (TPSA) is 181 Å². The summed E-state index contributed by atoms with van der Waals surface area (Å²) >= 11 is 6.16. The van der Waals surface area contributed by atoms with E-state index < -0.39 is 44.1 Å². The van der Waals surface area contributed by atoms with Gasteiger partial charge in [-0.3, -0.25) is 4.57 Å². The molecule has 2 aromatic heterocycles. The van der Waals surface area contributed by atoms with Gasteiger partial charge in [-0.1, -0.05) is 12.8 Å². The van der Waals surface area contributed by atoms with Crippen LogP contribution in [0.25, 0.3) is 11.0 Å². The highest BCUT2D eigenvalue weighted by Crippen LogP contribution is 2.51. The highest BCUT2D eigenvalue weighted by Gasteiger charge is 2.49. The summed E-state index contributed by atoms with van der Waals surface area (Å²) in [5.41, 5.74) is 0.305. The molecule has 0 bridgehead atoms. The largest absolute Gasteiger partial charge is 0.387 e. The molecule has 2 aromatic rings. The van der Waals surface area contributed by atoms with Gasteiger partial charge in [-0.05, 0) is 38.3 Å². The Morgan fingerprint density at radius 1 is 1.29 bits per heavy atom. The van der Waals surface area contributed by atoms with Crippen molar-refractivity contribution in [2.75, 3.05) is 25.1 Å². The van der Waals surface area contributed by atoms with Crippen molar-refractivity contribution >= 4 is 36.0 Å². The van der Waals surface area contributed by atoms with Gasteiger partial charge >= 0.3 is 7.60 Å². The number of hydrogen-bond acceptors (Lipinski definition) is 10. The summed E-state index contributed by atoms with van der Waals surface area (Å²) in [6.45, 7) is 2.36. The van der Waals surface area contributed by atoms with Crippen molar-refractivity contribution in [1.82, 2.24) is 19.7 Å². The van der Waals surface area contributed by atoms with E-state index in [-0.39, 0.29) is 24.5 Å². The quantitative estimate of drug-likeness (QED) is 0.218. The molecule has 1 saturated heterocycles. The molecule has 5 atom stereocenters. The highest BCUT2D eigenvalue weighted by molar-refractivity contribution is 7.53. The van der Waals surface area contributed by atoms with Crippen LogP contribution in [0.3, 0.4) is 0 Å². The molecule has 0 amide bonds. The number of aromatic nitrogens is 4. The number of aliphatic hydroxyl groups excluding tert-OH is 2. The predicted molar refractivity (Wildman–Crippen MR) is 125 cm³/mol. The fraction of sp³-hybridized carbons (Fsp3) is 0.750. The monoisotopic (exact) mass is 535 g/mol. The predicted octanol–water partition coefficient (Wildman–Crippen LogP) is 1.40. The van der Waals surface area contributed by atoms with Crippen molar-refractivity contribution in [2.45, 2.75) is 75.5 Å². The molecule has 13 nitrogen and oxygen atoms in total. The van der Waals surface area contributed by atoms with Gasteiger partial charge in [-0.2, -0.15) is 15.1 Å². The van der Waals surface area contributed by atoms with Gasteiger partial charge in [-0.25, -0.2) is 4.68 Å². The molecule has 35 heavy (non-hydrogen) atoms. The Morgan fingerprint density at radius 3 is 2.66 bits per heavy atom. The first-order chi connectivity index (χ1) is 16.5. The minimum absolute atomic E-state index is 0.0130. The van der Waals surface area contributed by atoms with Crippen LogP contribution >= 0.6 is 19.2 Å². The van der Waals surface area contributed by atoms with Crippen LogP contribution in [-0.2, 0) is 18.8 Å². The van der Waals surface area contributed by atoms with E-state index in [0.29, 0.717) is 16.9 Å². The van der Waals surface area contributed by atoms with Crippen LogP contribution in [0, 0.1) is 0 Å². The van der Waals surface area contributed by atoms with E-state index in [1.165, 1.54) is 17.8 Å². The zero-order chi connectivity index (χ0) is 25.4. The molecule has 15 heteroatoms. The van der Waals surface area contributed by atoms with Crippen molar-refractivity contribution in [3.8, 4) is 0 Å². The Hall–Kier alpha value is -1.41. The first-order valence-corrected chi connectivity index (χ1v) is 13.5. The lowest BCUT2D eigenvalue weighted by molar-refractivity contribution is -0.110. The van der Waals surface area contributed by atoms with E-state index in [1.54, 1.807) is 6.92 Å². The zero-order valence-corrected chi connectivity index (χ0v) is 21.1. The Bertz CT molecular complexity index is 1080. The minimum Gasteiger partial charge on any atom is -0.387 e. The Kier molecular flexibility index (Phi) is 8.01. The molecular weight excluding hydrogens is 505 g/mol. The lowest BCUT2D eigenvalue weighted by Gasteiger charge is -2.31. The van der Waals surface area contributed by atoms with Gasteiger partial charge in [0.1, 0.15) is 24.1 Å². The lowest BCUT2D eigenvalue weighted by Crippen LogP contribution is -2.40. The second kappa shape index (κ2) is 10.5. The molecule has 2 fully saturated rings. The summed E-state index contributed by atoms with van der Waals surface area (Å²) in [5.74, 6) is 0.527. The molecule has 1 aliphatic heterocycles. The van der Waals surface area contributed by atoms with E-state index in [1.807, 2.05) is 0 Å². The van der Waals surface area contributed by atoms with E-state index >= 15 is 0 Å². The zero-order valence-electron chi connectivity index (χ0n) is 19.4. The summed E-state index contributed by atoms with van der Waals surface area (Å²) in [4.78, 5) is 28.0. The van der Waals surface area contributed by atoms with Crippen LogP contribution in [0.15, 0.2) is 6.20 Å². The molecule has 0 radical (unpaired) electrons. The van der Waals surface area contributed by atoms with Crippen molar-refractivity contribution < 1.29 is 38.8 Å².